The van der Waals surface area contributed by atoms with Crippen LogP contribution < -0.4 is 5.32 Å². The largest absolute Gasteiger partial charge is 0.396 e. The first-order valence-electron chi connectivity index (χ1n) is 5.81. The van der Waals surface area contributed by atoms with E-state index in [9.17, 15) is 14.9 Å². The molecule has 0 heterocycles. The standard InChI is InChI=1S/C12H15ClN2O4/c1-8(3-2-6-16)14-12(17)9-4-5-11(15(18)19)10(13)7-9/h4-5,7-8,16H,2-3,6H2,1H3,(H,14,17). The number of amides is 1. The monoisotopic (exact) mass is 286 g/mol. The van der Waals surface area contributed by atoms with Gasteiger partial charge in [0.05, 0.1) is 4.92 Å². The molecule has 6 nitrogen and oxygen atoms in total. The normalized spacial score (nSPS) is 11.9. The summed E-state index contributed by atoms with van der Waals surface area (Å²) in [5.41, 5.74) is 0.0398. The average Bonchev–Trinajstić information content (AvgIpc) is 2.35. The quantitative estimate of drug-likeness (QED) is 0.619. The number of rotatable bonds is 6. The molecule has 0 radical (unpaired) electrons. The molecule has 7 heteroatoms. The summed E-state index contributed by atoms with van der Waals surface area (Å²) in [6.45, 7) is 1.89. The topological polar surface area (TPSA) is 92.5 Å². The Hall–Kier alpha value is -1.66. The van der Waals surface area contributed by atoms with Gasteiger partial charge in [-0.05, 0) is 31.9 Å². The van der Waals surface area contributed by atoms with Crippen LogP contribution in [0.15, 0.2) is 18.2 Å². The summed E-state index contributed by atoms with van der Waals surface area (Å²) in [6.07, 6.45) is 1.26. The molecule has 1 aromatic carbocycles. The smallest absolute Gasteiger partial charge is 0.287 e. The number of hydrogen-bond acceptors (Lipinski definition) is 4. The van der Waals surface area contributed by atoms with Crippen LogP contribution in [0.3, 0.4) is 0 Å². The van der Waals surface area contributed by atoms with Crippen LogP contribution in [0.4, 0.5) is 5.69 Å². The molecule has 104 valence electrons. The highest BCUT2D eigenvalue weighted by molar-refractivity contribution is 6.33. The van der Waals surface area contributed by atoms with Crippen molar-refractivity contribution in [2.24, 2.45) is 0 Å². The number of nitro benzene ring substituents is 1. The van der Waals surface area contributed by atoms with Crippen molar-refractivity contribution in [3.8, 4) is 0 Å². The van der Waals surface area contributed by atoms with Gasteiger partial charge in [-0.3, -0.25) is 14.9 Å². The predicted molar refractivity (Wildman–Crippen MR) is 71.4 cm³/mol. The van der Waals surface area contributed by atoms with Crippen LogP contribution in [0.25, 0.3) is 0 Å². The third-order valence-corrected chi connectivity index (χ3v) is 2.88. The van der Waals surface area contributed by atoms with Crippen molar-refractivity contribution < 1.29 is 14.8 Å². The summed E-state index contributed by atoms with van der Waals surface area (Å²) in [7, 11) is 0. The van der Waals surface area contributed by atoms with Crippen molar-refractivity contribution in [3.05, 3.63) is 38.9 Å². The molecule has 0 spiro atoms. The highest BCUT2D eigenvalue weighted by Crippen LogP contribution is 2.24. The van der Waals surface area contributed by atoms with E-state index >= 15 is 0 Å². The van der Waals surface area contributed by atoms with Crippen LogP contribution in [0.2, 0.25) is 5.02 Å². The second-order valence-corrected chi connectivity index (χ2v) is 4.57. The number of aliphatic hydroxyl groups excluding tert-OH is 1. The fourth-order valence-electron chi connectivity index (χ4n) is 1.57. The van der Waals surface area contributed by atoms with Gasteiger partial charge in [-0.25, -0.2) is 0 Å². The first-order valence-corrected chi connectivity index (χ1v) is 6.19. The van der Waals surface area contributed by atoms with Crippen molar-refractivity contribution in [3.63, 3.8) is 0 Å². The average molecular weight is 287 g/mol. The van der Waals surface area contributed by atoms with Crippen molar-refractivity contribution in [1.29, 1.82) is 0 Å². The van der Waals surface area contributed by atoms with Gasteiger partial charge in [-0.1, -0.05) is 11.6 Å². The molecule has 0 aliphatic carbocycles. The van der Waals surface area contributed by atoms with Crippen LogP contribution >= 0.6 is 11.6 Å². The molecule has 1 atom stereocenters. The highest BCUT2D eigenvalue weighted by atomic mass is 35.5. The van der Waals surface area contributed by atoms with Crippen LogP contribution in [0, 0.1) is 10.1 Å². The summed E-state index contributed by atoms with van der Waals surface area (Å²) < 4.78 is 0. The molecule has 0 bridgehead atoms. The first-order chi connectivity index (χ1) is 8.95. The molecule has 2 N–H and O–H groups in total. The predicted octanol–water partition coefficient (Wildman–Crippen LogP) is 2.14. The molecule has 0 aliphatic heterocycles. The fraction of sp³-hybridized carbons (Fsp3) is 0.417. The van der Waals surface area contributed by atoms with Crippen molar-refractivity contribution >= 4 is 23.2 Å². The lowest BCUT2D eigenvalue weighted by atomic mass is 10.1. The molecule has 0 saturated heterocycles. The molecule has 1 amide bonds. The summed E-state index contributed by atoms with van der Waals surface area (Å²) in [5, 5.41) is 21.9. The van der Waals surface area contributed by atoms with Crippen LogP contribution in [0.5, 0.6) is 0 Å². The Morgan fingerprint density at radius 1 is 1.58 bits per heavy atom. The van der Waals surface area contributed by atoms with Crippen molar-refractivity contribution in [2.75, 3.05) is 6.61 Å². The highest BCUT2D eigenvalue weighted by Gasteiger charge is 2.16. The van der Waals surface area contributed by atoms with Gasteiger partial charge in [0.15, 0.2) is 0 Å². The van der Waals surface area contributed by atoms with E-state index < -0.39 is 4.92 Å². The van der Waals surface area contributed by atoms with Gasteiger partial charge in [-0.15, -0.1) is 0 Å². The Morgan fingerprint density at radius 2 is 2.26 bits per heavy atom. The van der Waals surface area contributed by atoms with Gasteiger partial charge >= 0.3 is 0 Å². The lowest BCUT2D eigenvalue weighted by molar-refractivity contribution is -0.384. The number of carbonyl (C=O) groups is 1. The van der Waals surface area contributed by atoms with Gasteiger partial charge in [0, 0.05) is 24.3 Å². The zero-order valence-electron chi connectivity index (χ0n) is 10.4. The number of halogens is 1. The second kappa shape index (κ2) is 7.06. The van der Waals surface area contributed by atoms with Crippen molar-refractivity contribution in [1.82, 2.24) is 5.32 Å². The summed E-state index contributed by atoms with van der Waals surface area (Å²) >= 11 is 5.73. The van der Waals surface area contributed by atoms with Crippen LogP contribution in [0.1, 0.15) is 30.1 Å². The van der Waals surface area contributed by atoms with E-state index in [0.29, 0.717) is 12.8 Å². The lowest BCUT2D eigenvalue weighted by Crippen LogP contribution is -2.32. The third-order valence-electron chi connectivity index (χ3n) is 2.58. The Kier molecular flexibility index (Phi) is 5.72. The first kappa shape index (κ1) is 15.4. The SMILES string of the molecule is CC(CCCO)NC(=O)c1ccc([N+](=O)[O-])c(Cl)c1. The molecule has 1 unspecified atom stereocenters. The Labute approximate surface area is 115 Å². The zero-order chi connectivity index (χ0) is 14.4. The molecular formula is C12H15ClN2O4. The molecule has 1 aromatic rings. The van der Waals surface area contributed by atoms with Gasteiger partial charge in [0.25, 0.3) is 11.6 Å². The van der Waals surface area contributed by atoms with Crippen molar-refractivity contribution in [2.45, 2.75) is 25.8 Å². The molecule has 0 fully saturated rings. The lowest BCUT2D eigenvalue weighted by Gasteiger charge is -2.13. The van der Waals surface area contributed by atoms with E-state index in [2.05, 4.69) is 5.32 Å². The van der Waals surface area contributed by atoms with Crippen LogP contribution in [-0.2, 0) is 0 Å². The molecule has 0 aliphatic rings. The maximum Gasteiger partial charge on any atom is 0.287 e. The molecule has 1 rings (SSSR count). The molecule has 19 heavy (non-hydrogen) atoms. The number of nitrogens with one attached hydrogen (secondary N) is 1. The minimum Gasteiger partial charge on any atom is -0.396 e. The zero-order valence-corrected chi connectivity index (χ0v) is 11.2. The van der Waals surface area contributed by atoms with E-state index in [-0.39, 0.29) is 34.8 Å². The Morgan fingerprint density at radius 3 is 2.79 bits per heavy atom. The summed E-state index contributed by atoms with van der Waals surface area (Å²) in [5.74, 6) is -0.345. The number of nitro groups is 1. The van der Waals surface area contributed by atoms with E-state index in [1.54, 1.807) is 0 Å². The number of hydrogen-bond donors (Lipinski definition) is 2. The Bertz CT molecular complexity index is 479. The Balaban J connectivity index is 2.72. The van der Waals surface area contributed by atoms with Gasteiger partial charge in [0.2, 0.25) is 0 Å². The molecule has 0 saturated carbocycles. The maximum atomic E-state index is 11.8. The summed E-state index contributed by atoms with van der Waals surface area (Å²) in [6, 6.07) is 3.75. The third kappa shape index (κ3) is 4.50. The van der Waals surface area contributed by atoms with E-state index in [1.165, 1.54) is 18.2 Å². The minimum atomic E-state index is -0.603. The van der Waals surface area contributed by atoms with E-state index in [4.69, 9.17) is 16.7 Å². The fourth-order valence-corrected chi connectivity index (χ4v) is 1.82. The minimum absolute atomic E-state index is 0.0688. The van der Waals surface area contributed by atoms with Crippen LogP contribution in [-0.4, -0.2) is 28.6 Å². The summed E-state index contributed by atoms with van der Waals surface area (Å²) in [4.78, 5) is 21.8. The number of benzene rings is 1. The maximum absolute atomic E-state index is 11.8. The van der Waals surface area contributed by atoms with Gasteiger partial charge < -0.3 is 10.4 Å². The number of aliphatic hydroxyl groups is 1. The van der Waals surface area contributed by atoms with E-state index in [1.807, 2.05) is 6.92 Å². The number of nitrogens with zero attached hydrogens (tertiary/aromatic N) is 1. The molecule has 0 aromatic heterocycles. The number of carbonyl (C=O) groups excluding carboxylic acids is 1. The van der Waals surface area contributed by atoms with Gasteiger partial charge in [0.1, 0.15) is 5.02 Å². The molecular weight excluding hydrogens is 272 g/mol. The second-order valence-electron chi connectivity index (χ2n) is 4.16. The van der Waals surface area contributed by atoms with Gasteiger partial charge in [-0.2, -0.15) is 0 Å². The van der Waals surface area contributed by atoms with E-state index in [0.717, 1.165) is 0 Å².